The number of amides is 2. The van der Waals surface area contributed by atoms with Gasteiger partial charge in [-0.05, 0) is 31.4 Å². The van der Waals surface area contributed by atoms with Gasteiger partial charge in [0.25, 0.3) is 5.91 Å². The van der Waals surface area contributed by atoms with Crippen LogP contribution in [0.4, 0.5) is 0 Å². The number of carbonyl (C=O) groups is 2. The second-order valence-electron chi connectivity index (χ2n) is 7.86. The van der Waals surface area contributed by atoms with E-state index in [2.05, 4.69) is 25.1 Å². The summed E-state index contributed by atoms with van der Waals surface area (Å²) in [5.74, 6) is 1.79. The molecule has 1 aliphatic carbocycles. The standard InChI is InChI=1S/C22H29N5O4/c1-30-17-5-6-18-19(13-17)31-12-9-24-21(28)15-26(10-2-7-25-22(18)29)14-20-23-8-11-27(20)16-3-4-16/h5-6,8,11,13,16H,2-4,7,9-10,12,14-15H2,1H3,(H,24,28)(H,25,29). The van der Waals surface area contributed by atoms with Crippen molar-refractivity contribution in [2.75, 3.05) is 39.9 Å². The van der Waals surface area contributed by atoms with Crippen molar-refractivity contribution in [2.24, 2.45) is 0 Å². The third-order valence-electron chi connectivity index (χ3n) is 5.47. The van der Waals surface area contributed by atoms with Crippen molar-refractivity contribution >= 4 is 11.8 Å². The SMILES string of the molecule is COc1ccc2c(c1)OCCNC(=O)CN(Cc1nccn1C1CC1)CCCNC2=O. The minimum Gasteiger partial charge on any atom is -0.497 e. The summed E-state index contributed by atoms with van der Waals surface area (Å²) in [7, 11) is 1.56. The number of nitrogens with one attached hydrogen (secondary N) is 2. The molecule has 9 nitrogen and oxygen atoms in total. The van der Waals surface area contributed by atoms with Crippen LogP contribution in [-0.4, -0.2) is 66.2 Å². The van der Waals surface area contributed by atoms with Crippen molar-refractivity contribution in [1.82, 2.24) is 25.1 Å². The van der Waals surface area contributed by atoms with Crippen molar-refractivity contribution in [3.63, 3.8) is 0 Å². The molecule has 0 atom stereocenters. The molecule has 2 aromatic rings. The first-order chi connectivity index (χ1) is 15.1. The van der Waals surface area contributed by atoms with Gasteiger partial charge in [-0.2, -0.15) is 0 Å². The molecule has 166 valence electrons. The summed E-state index contributed by atoms with van der Waals surface area (Å²) < 4.78 is 13.2. The fourth-order valence-corrected chi connectivity index (χ4v) is 3.71. The van der Waals surface area contributed by atoms with E-state index in [0.717, 1.165) is 12.2 Å². The zero-order valence-corrected chi connectivity index (χ0v) is 17.8. The fourth-order valence-electron chi connectivity index (χ4n) is 3.71. The lowest BCUT2D eigenvalue weighted by molar-refractivity contribution is -0.122. The molecule has 0 unspecified atom stereocenters. The van der Waals surface area contributed by atoms with Gasteiger partial charge in [-0.15, -0.1) is 0 Å². The van der Waals surface area contributed by atoms with Crippen LogP contribution in [0.5, 0.6) is 11.5 Å². The van der Waals surface area contributed by atoms with Crippen molar-refractivity contribution in [2.45, 2.75) is 31.8 Å². The highest BCUT2D eigenvalue weighted by molar-refractivity contribution is 5.97. The van der Waals surface area contributed by atoms with Crippen LogP contribution in [0.1, 0.15) is 41.5 Å². The highest BCUT2D eigenvalue weighted by atomic mass is 16.5. The fraction of sp³-hybridized carbons (Fsp3) is 0.500. The van der Waals surface area contributed by atoms with Gasteiger partial charge in [0, 0.05) is 37.6 Å². The molecule has 1 saturated carbocycles. The predicted octanol–water partition coefficient (Wildman–Crippen LogP) is 1.36. The summed E-state index contributed by atoms with van der Waals surface area (Å²) in [6, 6.07) is 5.65. The molecular formula is C22H29N5O4. The number of rotatable bonds is 4. The number of nitrogens with zero attached hydrogens (tertiary/aromatic N) is 3. The topological polar surface area (TPSA) is 97.7 Å². The number of fused-ring (bicyclic) bond motifs is 1. The van der Waals surface area contributed by atoms with Gasteiger partial charge in [-0.1, -0.05) is 0 Å². The van der Waals surface area contributed by atoms with Gasteiger partial charge >= 0.3 is 0 Å². The number of imidazole rings is 1. The maximum Gasteiger partial charge on any atom is 0.255 e. The summed E-state index contributed by atoms with van der Waals surface area (Å²) in [5.41, 5.74) is 0.451. The van der Waals surface area contributed by atoms with E-state index in [1.54, 1.807) is 25.3 Å². The third-order valence-corrected chi connectivity index (χ3v) is 5.47. The maximum absolute atomic E-state index is 12.7. The van der Waals surface area contributed by atoms with Crippen molar-refractivity contribution in [3.8, 4) is 11.5 Å². The first-order valence-electron chi connectivity index (χ1n) is 10.7. The number of methoxy groups -OCH3 is 1. The first kappa shape index (κ1) is 21.2. The lowest BCUT2D eigenvalue weighted by Crippen LogP contribution is -2.40. The molecule has 1 aromatic heterocycles. The van der Waals surface area contributed by atoms with Crippen LogP contribution in [0.3, 0.4) is 0 Å². The molecule has 1 aliphatic heterocycles. The Kier molecular flexibility index (Phi) is 6.71. The number of ether oxygens (including phenoxy) is 2. The normalized spacial score (nSPS) is 18.9. The van der Waals surface area contributed by atoms with Gasteiger partial charge in [0.05, 0.1) is 32.3 Å². The predicted molar refractivity (Wildman–Crippen MR) is 114 cm³/mol. The molecule has 1 fully saturated rings. The Bertz CT molecular complexity index is 924. The van der Waals surface area contributed by atoms with Crippen molar-refractivity contribution < 1.29 is 19.1 Å². The maximum atomic E-state index is 12.7. The van der Waals surface area contributed by atoms with E-state index in [1.165, 1.54) is 12.8 Å². The van der Waals surface area contributed by atoms with E-state index in [1.807, 2.05) is 12.4 Å². The summed E-state index contributed by atoms with van der Waals surface area (Å²) in [6.45, 7) is 2.66. The van der Waals surface area contributed by atoms with E-state index in [9.17, 15) is 9.59 Å². The molecule has 0 spiro atoms. The highest BCUT2D eigenvalue weighted by Crippen LogP contribution is 2.35. The summed E-state index contributed by atoms with van der Waals surface area (Å²) in [6.07, 6.45) is 6.92. The molecule has 1 aromatic carbocycles. The zero-order valence-electron chi connectivity index (χ0n) is 17.8. The Hall–Kier alpha value is -3.07. The van der Waals surface area contributed by atoms with Crippen LogP contribution >= 0.6 is 0 Å². The minimum atomic E-state index is -0.186. The highest BCUT2D eigenvalue weighted by Gasteiger charge is 2.26. The van der Waals surface area contributed by atoms with Crippen LogP contribution in [-0.2, 0) is 11.3 Å². The Morgan fingerprint density at radius 3 is 2.90 bits per heavy atom. The van der Waals surface area contributed by atoms with Crippen LogP contribution in [0.25, 0.3) is 0 Å². The van der Waals surface area contributed by atoms with Gasteiger partial charge in [0.1, 0.15) is 23.9 Å². The Balaban J connectivity index is 1.43. The van der Waals surface area contributed by atoms with Gasteiger partial charge in [-0.25, -0.2) is 4.98 Å². The van der Waals surface area contributed by atoms with E-state index >= 15 is 0 Å². The third kappa shape index (κ3) is 5.55. The monoisotopic (exact) mass is 427 g/mol. The molecule has 2 aliphatic rings. The molecule has 2 heterocycles. The van der Waals surface area contributed by atoms with Gasteiger partial charge in [0.2, 0.25) is 5.91 Å². The van der Waals surface area contributed by atoms with E-state index in [0.29, 0.717) is 49.3 Å². The number of aromatic nitrogens is 2. The van der Waals surface area contributed by atoms with Crippen LogP contribution in [0.15, 0.2) is 30.6 Å². The first-order valence-corrected chi connectivity index (χ1v) is 10.7. The van der Waals surface area contributed by atoms with E-state index < -0.39 is 0 Å². The summed E-state index contributed by atoms with van der Waals surface area (Å²) >= 11 is 0. The number of benzene rings is 1. The van der Waals surface area contributed by atoms with Crippen molar-refractivity contribution in [1.29, 1.82) is 0 Å². The quantitative estimate of drug-likeness (QED) is 0.765. The average molecular weight is 428 g/mol. The Labute approximate surface area is 181 Å². The molecular weight excluding hydrogens is 398 g/mol. The van der Waals surface area contributed by atoms with E-state index in [4.69, 9.17) is 9.47 Å². The number of hydrogen-bond acceptors (Lipinski definition) is 6. The van der Waals surface area contributed by atoms with Gasteiger partial charge in [-0.3, -0.25) is 14.5 Å². The Morgan fingerprint density at radius 1 is 1.23 bits per heavy atom. The largest absolute Gasteiger partial charge is 0.497 e. The average Bonchev–Trinajstić information content (AvgIpc) is 3.52. The lowest BCUT2D eigenvalue weighted by Gasteiger charge is -2.23. The lowest BCUT2D eigenvalue weighted by atomic mass is 10.1. The molecule has 4 rings (SSSR count). The molecule has 2 amide bonds. The molecule has 31 heavy (non-hydrogen) atoms. The number of hydrogen-bond donors (Lipinski definition) is 2. The van der Waals surface area contributed by atoms with Gasteiger partial charge < -0.3 is 24.7 Å². The molecule has 0 saturated heterocycles. The molecule has 0 bridgehead atoms. The Morgan fingerprint density at radius 2 is 2.10 bits per heavy atom. The summed E-state index contributed by atoms with van der Waals surface area (Å²) in [4.78, 5) is 31.7. The minimum absolute atomic E-state index is 0.0555. The van der Waals surface area contributed by atoms with Gasteiger partial charge in [0.15, 0.2) is 0 Å². The smallest absolute Gasteiger partial charge is 0.255 e. The summed E-state index contributed by atoms with van der Waals surface area (Å²) in [5, 5.41) is 5.85. The van der Waals surface area contributed by atoms with Crippen molar-refractivity contribution in [3.05, 3.63) is 42.0 Å². The second kappa shape index (κ2) is 9.82. The molecule has 2 N–H and O–H groups in total. The van der Waals surface area contributed by atoms with Crippen LogP contribution in [0.2, 0.25) is 0 Å². The zero-order chi connectivity index (χ0) is 21.6. The second-order valence-corrected chi connectivity index (χ2v) is 7.86. The van der Waals surface area contributed by atoms with Crippen LogP contribution < -0.4 is 20.1 Å². The van der Waals surface area contributed by atoms with E-state index in [-0.39, 0.29) is 25.0 Å². The molecule has 9 heteroatoms. The molecule has 0 radical (unpaired) electrons. The van der Waals surface area contributed by atoms with Crippen LogP contribution in [0, 0.1) is 0 Å². The number of carbonyl (C=O) groups excluding carboxylic acids is 2.